The Labute approximate surface area is 178 Å². The molecule has 0 bridgehead atoms. The number of amides is 1. The standard InChI is InChI=1S/C23H33N5O2/c1-3-11-25-13-15-26(16-14-25)22(29)18-8-7-12-27(17-18)21-23(30)28(4-2)20-10-6-5-9-19(20)24-21/h5-6,9-10,18H,3-4,7-8,11-17H2,1-2H3/t18-/m1/s1. The van der Waals surface area contributed by atoms with Crippen molar-refractivity contribution >= 4 is 22.8 Å². The average Bonchev–Trinajstić information content (AvgIpc) is 2.79. The molecule has 3 heterocycles. The van der Waals surface area contributed by atoms with Gasteiger partial charge in [0.25, 0.3) is 5.56 Å². The topological polar surface area (TPSA) is 61.7 Å². The van der Waals surface area contributed by atoms with Crippen LogP contribution in [0.25, 0.3) is 11.0 Å². The van der Waals surface area contributed by atoms with Crippen molar-refractivity contribution in [3.8, 4) is 0 Å². The molecule has 1 amide bonds. The molecule has 2 aliphatic rings. The molecule has 2 fully saturated rings. The summed E-state index contributed by atoms with van der Waals surface area (Å²) in [4.78, 5) is 37.5. The second-order valence-corrected chi connectivity index (χ2v) is 8.43. The van der Waals surface area contributed by atoms with E-state index in [2.05, 4.69) is 11.8 Å². The predicted molar refractivity (Wildman–Crippen MR) is 120 cm³/mol. The number of hydrogen-bond donors (Lipinski definition) is 0. The minimum atomic E-state index is -0.0579. The summed E-state index contributed by atoms with van der Waals surface area (Å²) in [5, 5.41) is 0. The Kier molecular flexibility index (Phi) is 6.37. The molecule has 30 heavy (non-hydrogen) atoms. The second kappa shape index (κ2) is 9.16. The lowest BCUT2D eigenvalue weighted by atomic mass is 9.96. The van der Waals surface area contributed by atoms with Crippen molar-refractivity contribution in [2.45, 2.75) is 39.7 Å². The number of piperazine rings is 1. The SMILES string of the molecule is CCCN1CCN(C(=O)[C@@H]2CCCN(c3nc4ccccc4n(CC)c3=O)C2)CC1. The van der Waals surface area contributed by atoms with Gasteiger partial charge in [-0.25, -0.2) is 4.98 Å². The van der Waals surface area contributed by atoms with Gasteiger partial charge in [0.15, 0.2) is 5.82 Å². The minimum absolute atomic E-state index is 0.0563. The van der Waals surface area contributed by atoms with Gasteiger partial charge in [-0.1, -0.05) is 19.1 Å². The van der Waals surface area contributed by atoms with Gasteiger partial charge >= 0.3 is 0 Å². The van der Waals surface area contributed by atoms with Crippen molar-refractivity contribution in [3.63, 3.8) is 0 Å². The van der Waals surface area contributed by atoms with Crippen LogP contribution in [0.15, 0.2) is 29.1 Å². The Bertz CT molecular complexity index is 948. The molecule has 162 valence electrons. The summed E-state index contributed by atoms with van der Waals surface area (Å²) in [6.07, 6.45) is 2.95. The molecule has 7 heteroatoms. The molecule has 2 aliphatic heterocycles. The maximum absolute atomic E-state index is 13.2. The lowest BCUT2D eigenvalue weighted by molar-refractivity contribution is -0.137. The first-order valence-electron chi connectivity index (χ1n) is 11.4. The van der Waals surface area contributed by atoms with Gasteiger partial charge in [-0.3, -0.25) is 14.5 Å². The van der Waals surface area contributed by atoms with Crippen molar-refractivity contribution in [2.75, 3.05) is 50.7 Å². The number of fused-ring (bicyclic) bond motifs is 1. The number of aryl methyl sites for hydroxylation is 1. The molecule has 0 unspecified atom stereocenters. The van der Waals surface area contributed by atoms with E-state index in [9.17, 15) is 9.59 Å². The van der Waals surface area contributed by atoms with Crippen LogP contribution in [0.3, 0.4) is 0 Å². The Hall–Kier alpha value is -2.41. The summed E-state index contributed by atoms with van der Waals surface area (Å²) < 4.78 is 1.79. The minimum Gasteiger partial charge on any atom is -0.351 e. The molecule has 1 aromatic carbocycles. The molecule has 7 nitrogen and oxygen atoms in total. The predicted octanol–water partition coefficient (Wildman–Crippen LogP) is 2.19. The highest BCUT2D eigenvalue weighted by Gasteiger charge is 2.32. The van der Waals surface area contributed by atoms with Gasteiger partial charge in [-0.15, -0.1) is 0 Å². The molecule has 1 aromatic heterocycles. The zero-order valence-electron chi connectivity index (χ0n) is 18.2. The Balaban J connectivity index is 1.51. The molecule has 4 rings (SSSR count). The molecule has 2 saturated heterocycles. The van der Waals surface area contributed by atoms with Crippen LogP contribution in [-0.4, -0.2) is 71.1 Å². The number of aromatic nitrogens is 2. The molecule has 2 aromatic rings. The van der Waals surface area contributed by atoms with E-state index in [1.54, 1.807) is 4.57 Å². The first-order valence-corrected chi connectivity index (χ1v) is 11.4. The molecule has 1 atom stereocenters. The second-order valence-electron chi connectivity index (χ2n) is 8.43. The highest BCUT2D eigenvalue weighted by molar-refractivity contribution is 5.80. The number of carbonyl (C=O) groups excluding carboxylic acids is 1. The number of anilines is 1. The number of piperidine rings is 1. The van der Waals surface area contributed by atoms with Gasteiger partial charge in [-0.2, -0.15) is 0 Å². The Morgan fingerprint density at radius 1 is 1.10 bits per heavy atom. The van der Waals surface area contributed by atoms with Crippen LogP contribution in [-0.2, 0) is 11.3 Å². The summed E-state index contributed by atoms with van der Waals surface area (Å²) in [6.45, 7) is 10.8. The molecule has 0 saturated carbocycles. The number of para-hydroxylation sites is 2. The number of rotatable bonds is 5. The van der Waals surface area contributed by atoms with Crippen LogP contribution in [0, 0.1) is 5.92 Å². The van der Waals surface area contributed by atoms with Crippen LogP contribution >= 0.6 is 0 Å². The normalized spacial score (nSPS) is 20.7. The summed E-state index contributed by atoms with van der Waals surface area (Å²) in [5.74, 6) is 0.674. The van der Waals surface area contributed by atoms with Crippen LogP contribution < -0.4 is 10.5 Å². The third-order valence-corrected chi connectivity index (χ3v) is 6.45. The molecular weight excluding hydrogens is 378 g/mol. The molecule has 0 radical (unpaired) electrons. The van der Waals surface area contributed by atoms with Crippen LogP contribution in [0.1, 0.15) is 33.1 Å². The van der Waals surface area contributed by atoms with Crippen LogP contribution in [0.4, 0.5) is 5.82 Å². The van der Waals surface area contributed by atoms with E-state index in [-0.39, 0.29) is 17.4 Å². The van der Waals surface area contributed by atoms with Crippen molar-refractivity contribution in [3.05, 3.63) is 34.6 Å². The van der Waals surface area contributed by atoms with Gasteiger partial charge in [-0.05, 0) is 44.9 Å². The third kappa shape index (κ3) is 4.08. The van der Waals surface area contributed by atoms with Crippen molar-refractivity contribution < 1.29 is 4.79 Å². The monoisotopic (exact) mass is 411 g/mol. The maximum Gasteiger partial charge on any atom is 0.293 e. The highest BCUT2D eigenvalue weighted by atomic mass is 16.2. The number of carbonyl (C=O) groups is 1. The fraction of sp³-hybridized carbons (Fsp3) is 0.609. The van der Waals surface area contributed by atoms with Crippen molar-refractivity contribution in [1.29, 1.82) is 0 Å². The Morgan fingerprint density at radius 3 is 2.60 bits per heavy atom. The van der Waals surface area contributed by atoms with Crippen LogP contribution in [0.5, 0.6) is 0 Å². The highest BCUT2D eigenvalue weighted by Crippen LogP contribution is 2.23. The fourth-order valence-corrected chi connectivity index (χ4v) is 4.84. The van der Waals surface area contributed by atoms with E-state index < -0.39 is 0 Å². The van der Waals surface area contributed by atoms with Crippen molar-refractivity contribution in [1.82, 2.24) is 19.4 Å². The summed E-state index contributed by atoms with van der Waals surface area (Å²) in [5.41, 5.74) is 1.63. The smallest absolute Gasteiger partial charge is 0.293 e. The first kappa shape index (κ1) is 20.8. The zero-order valence-corrected chi connectivity index (χ0v) is 18.2. The van der Waals surface area contributed by atoms with Gasteiger partial charge in [0.05, 0.1) is 17.0 Å². The lowest BCUT2D eigenvalue weighted by Crippen LogP contribution is -2.53. The van der Waals surface area contributed by atoms with Gasteiger partial charge < -0.3 is 14.4 Å². The first-order chi connectivity index (χ1) is 14.6. The van der Waals surface area contributed by atoms with Gasteiger partial charge in [0, 0.05) is 45.8 Å². The molecule has 0 aliphatic carbocycles. The average molecular weight is 412 g/mol. The number of benzene rings is 1. The summed E-state index contributed by atoms with van der Waals surface area (Å²) >= 11 is 0. The van der Waals surface area contributed by atoms with Gasteiger partial charge in [0.1, 0.15) is 0 Å². The summed E-state index contributed by atoms with van der Waals surface area (Å²) in [7, 11) is 0. The quantitative estimate of drug-likeness (QED) is 0.755. The van der Waals surface area contributed by atoms with Crippen molar-refractivity contribution in [2.24, 2.45) is 5.92 Å². The van der Waals surface area contributed by atoms with E-state index in [1.165, 1.54) is 0 Å². The van der Waals surface area contributed by atoms with E-state index in [0.29, 0.717) is 18.9 Å². The van der Waals surface area contributed by atoms with E-state index >= 15 is 0 Å². The lowest BCUT2D eigenvalue weighted by Gasteiger charge is -2.39. The number of hydrogen-bond acceptors (Lipinski definition) is 5. The third-order valence-electron chi connectivity index (χ3n) is 6.45. The molecular formula is C23H33N5O2. The van der Waals surface area contributed by atoms with E-state index in [4.69, 9.17) is 4.98 Å². The van der Waals surface area contributed by atoms with E-state index in [0.717, 1.165) is 69.6 Å². The van der Waals surface area contributed by atoms with Gasteiger partial charge in [0.2, 0.25) is 5.91 Å². The largest absolute Gasteiger partial charge is 0.351 e. The van der Waals surface area contributed by atoms with E-state index in [1.807, 2.05) is 41.0 Å². The maximum atomic E-state index is 13.2. The molecule has 0 N–H and O–H groups in total. The summed E-state index contributed by atoms with van der Waals surface area (Å²) in [6, 6.07) is 7.78. The fourth-order valence-electron chi connectivity index (χ4n) is 4.84. The number of nitrogens with zero attached hydrogens (tertiary/aromatic N) is 5. The van der Waals surface area contributed by atoms with Crippen LogP contribution in [0.2, 0.25) is 0 Å². The molecule has 0 spiro atoms. The zero-order chi connectivity index (χ0) is 21.1. The Morgan fingerprint density at radius 2 is 1.87 bits per heavy atom.